The molecule has 0 aliphatic carbocycles. The second kappa shape index (κ2) is 5.13. The normalized spacial score (nSPS) is 10.4. The first-order valence-electron chi connectivity index (χ1n) is 6.47. The lowest BCUT2D eigenvalue weighted by molar-refractivity contribution is 1.14. The van der Waals surface area contributed by atoms with Crippen LogP contribution >= 0.6 is 0 Å². The first kappa shape index (κ1) is 12.4. The molecule has 0 aliphatic heterocycles. The highest BCUT2D eigenvalue weighted by molar-refractivity contribution is 5.70. The van der Waals surface area contributed by atoms with Crippen LogP contribution in [0.1, 0.15) is 5.56 Å². The van der Waals surface area contributed by atoms with Gasteiger partial charge in [-0.1, -0.05) is 36.4 Å². The number of nitrogens with two attached hydrogens (primary N) is 1. The van der Waals surface area contributed by atoms with Crippen molar-refractivity contribution in [2.24, 2.45) is 0 Å². The molecule has 3 rings (SSSR count). The number of aryl methyl sites for hydroxylation is 1. The Morgan fingerprint density at radius 1 is 0.800 bits per heavy atom. The lowest BCUT2D eigenvalue weighted by atomic mass is 10.0. The Morgan fingerprint density at radius 2 is 1.45 bits per heavy atom. The van der Waals surface area contributed by atoms with Crippen molar-refractivity contribution in [2.45, 2.75) is 6.92 Å². The van der Waals surface area contributed by atoms with Crippen molar-refractivity contribution < 1.29 is 0 Å². The van der Waals surface area contributed by atoms with Gasteiger partial charge in [-0.2, -0.15) is 0 Å². The zero-order chi connectivity index (χ0) is 13.9. The number of benzene rings is 2. The molecule has 0 unspecified atom stereocenters. The number of hydrogen-bond donors (Lipinski definition) is 1. The SMILES string of the molecule is Cc1cnc(-c2ccc(-c3cccc(N)c3)cc2)nc1. The van der Waals surface area contributed by atoms with Crippen LogP contribution in [-0.4, -0.2) is 9.97 Å². The third-order valence-corrected chi connectivity index (χ3v) is 3.14. The number of aromatic nitrogens is 2. The summed E-state index contributed by atoms with van der Waals surface area (Å²) in [6, 6.07) is 16.1. The molecule has 2 aromatic carbocycles. The van der Waals surface area contributed by atoms with Crippen molar-refractivity contribution in [1.29, 1.82) is 0 Å². The Kier molecular flexibility index (Phi) is 3.17. The number of nitrogens with zero attached hydrogens (tertiary/aromatic N) is 2. The van der Waals surface area contributed by atoms with Gasteiger partial charge in [0.15, 0.2) is 5.82 Å². The average Bonchev–Trinajstić information content (AvgIpc) is 2.48. The van der Waals surface area contributed by atoms with E-state index in [2.05, 4.69) is 22.1 Å². The van der Waals surface area contributed by atoms with Crippen molar-refractivity contribution in [3.05, 3.63) is 66.5 Å². The summed E-state index contributed by atoms with van der Waals surface area (Å²) < 4.78 is 0. The Labute approximate surface area is 118 Å². The van der Waals surface area contributed by atoms with Gasteiger partial charge in [0.1, 0.15) is 0 Å². The van der Waals surface area contributed by atoms with Crippen LogP contribution in [0.2, 0.25) is 0 Å². The molecule has 1 aromatic heterocycles. The second-order valence-electron chi connectivity index (χ2n) is 4.79. The van der Waals surface area contributed by atoms with Gasteiger partial charge in [0.2, 0.25) is 0 Å². The molecule has 0 fully saturated rings. The van der Waals surface area contributed by atoms with Crippen LogP contribution in [-0.2, 0) is 0 Å². The predicted octanol–water partition coefficient (Wildman–Crippen LogP) is 3.70. The standard InChI is InChI=1S/C17H15N3/c1-12-10-19-17(20-11-12)14-7-5-13(6-8-14)15-3-2-4-16(18)9-15/h2-11H,18H2,1H3. The van der Waals surface area contributed by atoms with Crippen molar-refractivity contribution in [1.82, 2.24) is 9.97 Å². The molecule has 0 bridgehead atoms. The van der Waals surface area contributed by atoms with Gasteiger partial charge in [0, 0.05) is 23.6 Å². The molecule has 0 atom stereocenters. The zero-order valence-electron chi connectivity index (χ0n) is 11.2. The van der Waals surface area contributed by atoms with Crippen molar-refractivity contribution >= 4 is 5.69 Å². The molecule has 3 heteroatoms. The molecule has 3 nitrogen and oxygen atoms in total. The molecule has 98 valence electrons. The lowest BCUT2D eigenvalue weighted by Gasteiger charge is -2.05. The van der Waals surface area contributed by atoms with Crippen LogP contribution in [0.3, 0.4) is 0 Å². The number of hydrogen-bond acceptors (Lipinski definition) is 3. The summed E-state index contributed by atoms with van der Waals surface area (Å²) in [6.45, 7) is 1.98. The van der Waals surface area contributed by atoms with Gasteiger partial charge >= 0.3 is 0 Å². The van der Waals surface area contributed by atoms with Gasteiger partial charge in [0.05, 0.1) is 0 Å². The first-order chi connectivity index (χ1) is 9.72. The molecule has 0 radical (unpaired) electrons. The molecule has 20 heavy (non-hydrogen) atoms. The van der Waals surface area contributed by atoms with Crippen LogP contribution in [0.25, 0.3) is 22.5 Å². The maximum atomic E-state index is 5.81. The predicted molar refractivity (Wildman–Crippen MR) is 82.1 cm³/mol. The topological polar surface area (TPSA) is 51.8 Å². The number of nitrogen functional groups attached to an aromatic ring is 1. The Bertz CT molecular complexity index is 716. The summed E-state index contributed by atoms with van der Waals surface area (Å²) in [4.78, 5) is 8.67. The monoisotopic (exact) mass is 261 g/mol. The summed E-state index contributed by atoms with van der Waals surface area (Å²) in [5.41, 5.74) is 10.9. The molecule has 3 aromatic rings. The van der Waals surface area contributed by atoms with E-state index in [0.717, 1.165) is 33.8 Å². The summed E-state index contributed by atoms with van der Waals surface area (Å²) >= 11 is 0. The molecule has 0 spiro atoms. The van der Waals surface area contributed by atoms with E-state index in [1.54, 1.807) is 0 Å². The van der Waals surface area contributed by atoms with E-state index < -0.39 is 0 Å². The van der Waals surface area contributed by atoms with Crippen molar-refractivity contribution in [2.75, 3.05) is 5.73 Å². The minimum absolute atomic E-state index is 0.745. The van der Waals surface area contributed by atoms with Crippen LogP contribution in [0.15, 0.2) is 60.9 Å². The minimum Gasteiger partial charge on any atom is -0.399 e. The maximum absolute atomic E-state index is 5.81. The lowest BCUT2D eigenvalue weighted by Crippen LogP contribution is -1.89. The summed E-state index contributed by atoms with van der Waals surface area (Å²) in [6.07, 6.45) is 3.66. The van der Waals surface area contributed by atoms with Crippen LogP contribution in [0.4, 0.5) is 5.69 Å². The summed E-state index contributed by atoms with van der Waals surface area (Å²) in [5.74, 6) is 0.745. The third-order valence-electron chi connectivity index (χ3n) is 3.14. The Hall–Kier alpha value is -2.68. The molecule has 0 saturated heterocycles. The molecule has 2 N–H and O–H groups in total. The van der Waals surface area contributed by atoms with E-state index >= 15 is 0 Å². The van der Waals surface area contributed by atoms with Gasteiger partial charge in [-0.25, -0.2) is 9.97 Å². The molecule has 0 aliphatic rings. The summed E-state index contributed by atoms with van der Waals surface area (Å²) in [7, 11) is 0. The fourth-order valence-corrected chi connectivity index (χ4v) is 2.07. The molecular weight excluding hydrogens is 246 g/mol. The highest BCUT2D eigenvalue weighted by Gasteiger charge is 2.02. The zero-order valence-corrected chi connectivity index (χ0v) is 11.2. The van der Waals surface area contributed by atoms with Crippen LogP contribution in [0.5, 0.6) is 0 Å². The largest absolute Gasteiger partial charge is 0.399 e. The highest BCUT2D eigenvalue weighted by Crippen LogP contribution is 2.24. The van der Waals surface area contributed by atoms with Gasteiger partial charge < -0.3 is 5.73 Å². The van der Waals surface area contributed by atoms with E-state index in [9.17, 15) is 0 Å². The fraction of sp³-hybridized carbons (Fsp3) is 0.0588. The molecule has 0 amide bonds. The average molecular weight is 261 g/mol. The van der Waals surface area contributed by atoms with Gasteiger partial charge in [0.25, 0.3) is 0 Å². The van der Waals surface area contributed by atoms with E-state index in [1.165, 1.54) is 0 Å². The van der Waals surface area contributed by atoms with Crippen LogP contribution in [0, 0.1) is 6.92 Å². The minimum atomic E-state index is 0.745. The summed E-state index contributed by atoms with van der Waals surface area (Å²) in [5, 5.41) is 0. The third kappa shape index (κ3) is 2.52. The quantitative estimate of drug-likeness (QED) is 0.715. The van der Waals surface area contributed by atoms with Gasteiger partial charge in [-0.15, -0.1) is 0 Å². The van der Waals surface area contributed by atoms with Gasteiger partial charge in [-0.05, 0) is 35.7 Å². The van der Waals surface area contributed by atoms with Crippen molar-refractivity contribution in [3.63, 3.8) is 0 Å². The number of rotatable bonds is 2. The molecular formula is C17H15N3. The highest BCUT2D eigenvalue weighted by atomic mass is 14.9. The van der Waals surface area contributed by atoms with Gasteiger partial charge in [-0.3, -0.25) is 0 Å². The van der Waals surface area contributed by atoms with E-state index in [-0.39, 0.29) is 0 Å². The van der Waals surface area contributed by atoms with E-state index in [4.69, 9.17) is 5.73 Å². The second-order valence-corrected chi connectivity index (χ2v) is 4.79. The first-order valence-corrected chi connectivity index (χ1v) is 6.47. The Morgan fingerprint density at radius 3 is 2.10 bits per heavy atom. The van der Waals surface area contributed by atoms with Crippen molar-refractivity contribution in [3.8, 4) is 22.5 Å². The Balaban J connectivity index is 1.93. The maximum Gasteiger partial charge on any atom is 0.159 e. The van der Waals surface area contributed by atoms with E-state index in [1.807, 2.05) is 55.7 Å². The van der Waals surface area contributed by atoms with E-state index in [0.29, 0.717) is 0 Å². The molecule has 0 saturated carbocycles. The fourth-order valence-electron chi connectivity index (χ4n) is 2.07. The van der Waals surface area contributed by atoms with Crippen LogP contribution < -0.4 is 5.73 Å². The molecule has 1 heterocycles. The number of anilines is 1. The smallest absolute Gasteiger partial charge is 0.159 e.